The highest BCUT2D eigenvalue weighted by molar-refractivity contribution is 7.91. The van der Waals surface area contributed by atoms with Crippen molar-refractivity contribution in [2.75, 3.05) is 16.8 Å². The van der Waals surface area contributed by atoms with Gasteiger partial charge in [-0.3, -0.25) is 0 Å². The first-order valence-electron chi connectivity index (χ1n) is 4.03. The van der Waals surface area contributed by atoms with Crippen molar-refractivity contribution >= 4 is 15.7 Å². The molecular weight excluding hydrogens is 192 g/mol. The van der Waals surface area contributed by atoms with Crippen LogP contribution in [0.2, 0.25) is 0 Å². The Morgan fingerprint density at radius 2 is 2.46 bits per heavy atom. The highest BCUT2D eigenvalue weighted by Crippen LogP contribution is 2.15. The quantitative estimate of drug-likeness (QED) is 0.745. The zero-order chi connectivity index (χ0) is 9.31. The maximum Gasteiger partial charge on any atom is 0.169 e. The van der Waals surface area contributed by atoms with Crippen LogP contribution in [0.15, 0.2) is 16.9 Å². The lowest BCUT2D eigenvalue weighted by Crippen LogP contribution is -2.20. The van der Waals surface area contributed by atoms with Crippen molar-refractivity contribution in [3.8, 4) is 0 Å². The van der Waals surface area contributed by atoms with Gasteiger partial charge in [-0.15, -0.1) is 0 Å². The number of anilines is 1. The fourth-order valence-corrected chi connectivity index (χ4v) is 3.08. The predicted octanol–water partition coefficient (Wildman–Crippen LogP) is 0.274. The van der Waals surface area contributed by atoms with E-state index in [-0.39, 0.29) is 17.5 Å². The highest BCUT2D eigenvalue weighted by atomic mass is 32.2. The lowest BCUT2D eigenvalue weighted by atomic mass is 10.3. The van der Waals surface area contributed by atoms with Crippen LogP contribution < -0.4 is 5.32 Å². The minimum absolute atomic E-state index is 0.0184. The summed E-state index contributed by atoms with van der Waals surface area (Å²) >= 11 is 0. The Morgan fingerprint density at radius 3 is 3.00 bits per heavy atom. The molecular formula is C7H10N2O3S. The van der Waals surface area contributed by atoms with Crippen molar-refractivity contribution in [3.63, 3.8) is 0 Å². The Morgan fingerprint density at radius 1 is 1.62 bits per heavy atom. The first-order valence-corrected chi connectivity index (χ1v) is 5.85. The van der Waals surface area contributed by atoms with E-state index in [0.717, 1.165) is 0 Å². The van der Waals surface area contributed by atoms with Gasteiger partial charge in [0.2, 0.25) is 0 Å². The maximum atomic E-state index is 11.1. The third-order valence-corrected chi connectivity index (χ3v) is 3.79. The molecule has 0 amide bonds. The molecule has 2 heterocycles. The molecule has 1 aliphatic heterocycles. The standard InChI is InChI=1S/C7H10N2O3S/c10-13(11)4-2-6(5-13)8-7-1-3-12-9-7/h1,3,6H,2,4-5H2,(H,8,9). The van der Waals surface area contributed by atoms with E-state index in [9.17, 15) is 8.42 Å². The van der Waals surface area contributed by atoms with Gasteiger partial charge in [0.1, 0.15) is 6.26 Å². The summed E-state index contributed by atoms with van der Waals surface area (Å²) < 4.78 is 26.8. The molecule has 1 N–H and O–H groups in total. The average molecular weight is 202 g/mol. The Hall–Kier alpha value is -1.04. The van der Waals surface area contributed by atoms with Crippen molar-refractivity contribution in [2.45, 2.75) is 12.5 Å². The third-order valence-electron chi connectivity index (χ3n) is 2.02. The summed E-state index contributed by atoms with van der Waals surface area (Å²) in [6, 6.07) is 1.65. The van der Waals surface area contributed by atoms with Crippen LogP contribution in [0.25, 0.3) is 0 Å². The Balaban J connectivity index is 1.99. The molecule has 0 radical (unpaired) electrons. The molecule has 1 saturated heterocycles. The van der Waals surface area contributed by atoms with Crippen LogP contribution in [0.5, 0.6) is 0 Å². The zero-order valence-electron chi connectivity index (χ0n) is 6.93. The molecule has 72 valence electrons. The van der Waals surface area contributed by atoms with Gasteiger partial charge in [-0.25, -0.2) is 8.42 Å². The van der Waals surface area contributed by atoms with Gasteiger partial charge in [0.25, 0.3) is 0 Å². The van der Waals surface area contributed by atoms with Crippen LogP contribution in [0.1, 0.15) is 6.42 Å². The SMILES string of the molecule is O=S1(=O)CCC(Nc2ccon2)C1. The number of hydrogen-bond acceptors (Lipinski definition) is 5. The average Bonchev–Trinajstić information content (AvgIpc) is 2.61. The second-order valence-corrected chi connectivity index (χ2v) is 5.36. The molecule has 5 nitrogen and oxygen atoms in total. The number of hydrogen-bond donors (Lipinski definition) is 1. The van der Waals surface area contributed by atoms with Crippen LogP contribution in [-0.4, -0.2) is 31.1 Å². The number of aromatic nitrogens is 1. The summed E-state index contributed by atoms with van der Waals surface area (Å²) in [6.45, 7) is 0. The van der Waals surface area contributed by atoms with E-state index in [2.05, 4.69) is 15.0 Å². The van der Waals surface area contributed by atoms with Gasteiger partial charge in [-0.05, 0) is 6.42 Å². The minimum Gasteiger partial charge on any atom is -0.363 e. The number of nitrogens with zero attached hydrogens (tertiary/aromatic N) is 1. The normalized spacial score (nSPS) is 26.0. The molecule has 2 rings (SSSR count). The summed E-state index contributed by atoms with van der Waals surface area (Å²) in [7, 11) is -2.82. The lowest BCUT2D eigenvalue weighted by molar-refractivity contribution is 0.421. The first-order chi connectivity index (χ1) is 6.16. The molecule has 6 heteroatoms. The Labute approximate surface area is 76.0 Å². The van der Waals surface area contributed by atoms with Gasteiger partial charge in [-0.2, -0.15) is 0 Å². The molecule has 0 aromatic carbocycles. The first kappa shape index (κ1) is 8.55. The van der Waals surface area contributed by atoms with Crippen molar-refractivity contribution in [1.29, 1.82) is 0 Å². The van der Waals surface area contributed by atoms with Gasteiger partial charge < -0.3 is 9.84 Å². The summed E-state index contributed by atoms with van der Waals surface area (Å²) in [5.74, 6) is 1.06. The minimum atomic E-state index is -2.82. The second-order valence-electron chi connectivity index (χ2n) is 3.13. The number of rotatable bonds is 2. The van der Waals surface area contributed by atoms with Crippen LogP contribution in [0, 0.1) is 0 Å². The topological polar surface area (TPSA) is 72.2 Å². The van der Waals surface area contributed by atoms with Crippen molar-refractivity contribution < 1.29 is 12.9 Å². The van der Waals surface area contributed by atoms with E-state index in [1.54, 1.807) is 6.07 Å². The van der Waals surface area contributed by atoms with E-state index in [4.69, 9.17) is 0 Å². The van der Waals surface area contributed by atoms with E-state index < -0.39 is 9.84 Å². The third kappa shape index (κ3) is 2.00. The van der Waals surface area contributed by atoms with E-state index >= 15 is 0 Å². The van der Waals surface area contributed by atoms with Crippen LogP contribution in [0.4, 0.5) is 5.82 Å². The largest absolute Gasteiger partial charge is 0.363 e. The molecule has 13 heavy (non-hydrogen) atoms. The van der Waals surface area contributed by atoms with Gasteiger partial charge >= 0.3 is 0 Å². The molecule has 1 unspecified atom stereocenters. The molecule has 1 fully saturated rings. The molecule has 0 bridgehead atoms. The summed E-state index contributed by atoms with van der Waals surface area (Å²) in [4.78, 5) is 0. The number of sulfone groups is 1. The number of nitrogens with one attached hydrogen (secondary N) is 1. The van der Waals surface area contributed by atoms with Crippen LogP contribution in [-0.2, 0) is 9.84 Å². The molecule has 1 atom stereocenters. The maximum absolute atomic E-state index is 11.1. The Bertz CT molecular complexity index is 370. The zero-order valence-corrected chi connectivity index (χ0v) is 7.75. The van der Waals surface area contributed by atoms with Gasteiger partial charge in [-0.1, -0.05) is 5.16 Å². The molecule has 0 saturated carbocycles. The summed E-state index contributed by atoms with van der Waals surface area (Å²) in [6.07, 6.45) is 2.10. The van der Waals surface area contributed by atoms with E-state index in [1.165, 1.54) is 6.26 Å². The lowest BCUT2D eigenvalue weighted by Gasteiger charge is -2.07. The van der Waals surface area contributed by atoms with E-state index in [0.29, 0.717) is 12.2 Å². The van der Waals surface area contributed by atoms with Crippen molar-refractivity contribution in [1.82, 2.24) is 5.16 Å². The van der Waals surface area contributed by atoms with Gasteiger partial charge in [0, 0.05) is 12.1 Å². The van der Waals surface area contributed by atoms with Crippen molar-refractivity contribution in [3.05, 3.63) is 12.3 Å². The monoisotopic (exact) mass is 202 g/mol. The van der Waals surface area contributed by atoms with Gasteiger partial charge in [0.15, 0.2) is 15.7 Å². The van der Waals surface area contributed by atoms with Gasteiger partial charge in [0.05, 0.1) is 11.5 Å². The fraction of sp³-hybridized carbons (Fsp3) is 0.571. The van der Waals surface area contributed by atoms with E-state index in [1.807, 2.05) is 0 Å². The van der Waals surface area contributed by atoms with Crippen molar-refractivity contribution in [2.24, 2.45) is 0 Å². The fourth-order valence-electron chi connectivity index (χ4n) is 1.40. The van der Waals surface area contributed by atoms with Crippen LogP contribution >= 0.6 is 0 Å². The summed E-state index contributed by atoms with van der Waals surface area (Å²) in [5, 5.41) is 6.64. The summed E-state index contributed by atoms with van der Waals surface area (Å²) in [5.41, 5.74) is 0. The predicted molar refractivity (Wildman–Crippen MR) is 47.2 cm³/mol. The second kappa shape index (κ2) is 3.02. The molecule has 1 aromatic rings. The molecule has 1 aliphatic rings. The molecule has 0 spiro atoms. The Kier molecular flexibility index (Phi) is 1.99. The molecule has 1 aromatic heterocycles. The smallest absolute Gasteiger partial charge is 0.169 e. The molecule has 0 aliphatic carbocycles. The highest BCUT2D eigenvalue weighted by Gasteiger charge is 2.27. The van der Waals surface area contributed by atoms with Crippen LogP contribution in [0.3, 0.4) is 0 Å².